The second kappa shape index (κ2) is 18.5. The number of aliphatic carboxylic acids is 1. The van der Waals surface area contributed by atoms with Gasteiger partial charge in [0.1, 0.15) is 0 Å². The predicted molar refractivity (Wildman–Crippen MR) is 107 cm³/mol. The van der Waals surface area contributed by atoms with Gasteiger partial charge in [0, 0.05) is 6.42 Å². The number of unbranched alkanes of at least 4 members (excludes halogenated alkanes) is 3. The van der Waals surface area contributed by atoms with Gasteiger partial charge in [-0.2, -0.15) is 0 Å². The molecule has 0 fully saturated rings. The molecule has 25 heavy (non-hydrogen) atoms. The summed E-state index contributed by atoms with van der Waals surface area (Å²) < 4.78 is 0. The molecule has 0 bridgehead atoms. The number of carboxylic acids is 1. The number of aliphatic hydroxyl groups is 1. The van der Waals surface area contributed by atoms with Gasteiger partial charge in [-0.15, -0.1) is 0 Å². The van der Waals surface area contributed by atoms with Crippen LogP contribution in [0.3, 0.4) is 0 Å². The van der Waals surface area contributed by atoms with E-state index in [1.165, 1.54) is 19.3 Å². The predicted octanol–water partition coefficient (Wildman–Crippen LogP) is 5.74. The van der Waals surface area contributed by atoms with Gasteiger partial charge in [0.2, 0.25) is 0 Å². The Morgan fingerprint density at radius 1 is 0.880 bits per heavy atom. The summed E-state index contributed by atoms with van der Waals surface area (Å²) in [5, 5.41) is 18.3. The van der Waals surface area contributed by atoms with Gasteiger partial charge in [-0.3, -0.25) is 4.79 Å². The Kier molecular flexibility index (Phi) is 17.1. The molecule has 0 radical (unpaired) electrons. The molecule has 1 atom stereocenters. The van der Waals surface area contributed by atoms with Gasteiger partial charge in [0.25, 0.3) is 0 Å². The third-order valence-corrected chi connectivity index (χ3v) is 3.50. The quantitative estimate of drug-likeness (QED) is 0.226. The van der Waals surface area contributed by atoms with Gasteiger partial charge in [-0.05, 0) is 38.5 Å². The molecule has 0 amide bonds. The van der Waals surface area contributed by atoms with E-state index in [-0.39, 0.29) is 6.42 Å². The summed E-state index contributed by atoms with van der Waals surface area (Å²) in [4.78, 5) is 10.3. The lowest BCUT2D eigenvalue weighted by Gasteiger charge is -1.99. The molecule has 0 aliphatic heterocycles. The third-order valence-electron chi connectivity index (χ3n) is 3.50. The highest BCUT2D eigenvalue weighted by molar-refractivity contribution is 5.66. The van der Waals surface area contributed by atoms with Crippen LogP contribution in [0.4, 0.5) is 0 Å². The van der Waals surface area contributed by atoms with Gasteiger partial charge in [0.05, 0.1) is 6.10 Å². The van der Waals surface area contributed by atoms with Crippen LogP contribution in [-0.2, 0) is 4.79 Å². The molecule has 0 saturated heterocycles. The van der Waals surface area contributed by atoms with E-state index in [1.54, 1.807) is 0 Å². The second-order valence-corrected chi connectivity index (χ2v) is 5.93. The van der Waals surface area contributed by atoms with Crippen LogP contribution >= 0.6 is 0 Å². The molecular weight excluding hydrogens is 312 g/mol. The van der Waals surface area contributed by atoms with E-state index >= 15 is 0 Å². The maximum absolute atomic E-state index is 10.3. The van der Waals surface area contributed by atoms with Gasteiger partial charge < -0.3 is 10.2 Å². The van der Waals surface area contributed by atoms with E-state index in [9.17, 15) is 9.90 Å². The number of carbonyl (C=O) groups is 1. The average molecular weight is 347 g/mol. The molecule has 0 saturated carbocycles. The summed E-state index contributed by atoms with van der Waals surface area (Å²) >= 11 is 0. The summed E-state index contributed by atoms with van der Waals surface area (Å²) in [5.41, 5.74) is 0. The van der Waals surface area contributed by atoms with Crippen LogP contribution in [0, 0.1) is 0 Å². The van der Waals surface area contributed by atoms with Crippen LogP contribution in [0.15, 0.2) is 60.8 Å². The fourth-order valence-corrected chi connectivity index (χ4v) is 2.06. The molecule has 140 valence electrons. The first-order chi connectivity index (χ1) is 12.2. The Bertz CT molecular complexity index is 456. The molecule has 0 aromatic rings. The summed E-state index contributed by atoms with van der Waals surface area (Å²) in [7, 11) is 0. The minimum absolute atomic E-state index is 0.190. The molecule has 0 aliphatic carbocycles. The fourth-order valence-electron chi connectivity index (χ4n) is 2.06. The zero-order chi connectivity index (χ0) is 18.6. The molecular formula is C22H34O3. The van der Waals surface area contributed by atoms with E-state index < -0.39 is 12.1 Å². The fraction of sp³-hybridized carbons (Fsp3) is 0.500. The van der Waals surface area contributed by atoms with Crippen molar-refractivity contribution in [2.75, 3.05) is 0 Å². The lowest BCUT2D eigenvalue weighted by atomic mass is 10.1. The average Bonchev–Trinajstić information content (AvgIpc) is 2.58. The van der Waals surface area contributed by atoms with Gasteiger partial charge >= 0.3 is 5.97 Å². The molecule has 1 unspecified atom stereocenters. The highest BCUT2D eigenvalue weighted by atomic mass is 16.4. The van der Waals surface area contributed by atoms with Crippen LogP contribution in [-0.4, -0.2) is 22.3 Å². The lowest BCUT2D eigenvalue weighted by Crippen LogP contribution is -1.98. The van der Waals surface area contributed by atoms with Crippen molar-refractivity contribution >= 4 is 5.97 Å². The lowest BCUT2D eigenvalue weighted by molar-refractivity contribution is -0.136. The maximum Gasteiger partial charge on any atom is 0.303 e. The topological polar surface area (TPSA) is 57.5 Å². The zero-order valence-electron chi connectivity index (χ0n) is 15.5. The summed E-state index contributed by atoms with van der Waals surface area (Å²) in [6.45, 7) is 2.20. The van der Waals surface area contributed by atoms with Crippen molar-refractivity contribution < 1.29 is 15.0 Å². The summed E-state index contributed by atoms with van der Waals surface area (Å²) in [6.07, 6.45) is 27.4. The van der Waals surface area contributed by atoms with Crippen LogP contribution in [0.25, 0.3) is 0 Å². The van der Waals surface area contributed by atoms with Crippen LogP contribution in [0.2, 0.25) is 0 Å². The van der Waals surface area contributed by atoms with Crippen molar-refractivity contribution in [2.45, 2.75) is 70.8 Å². The number of hydrogen-bond acceptors (Lipinski definition) is 2. The van der Waals surface area contributed by atoms with Gasteiger partial charge in [0.15, 0.2) is 0 Å². The van der Waals surface area contributed by atoms with E-state index in [1.807, 2.05) is 36.5 Å². The van der Waals surface area contributed by atoms with Crippen LogP contribution < -0.4 is 0 Å². The number of hydrogen-bond donors (Lipinski definition) is 2. The molecule has 2 N–H and O–H groups in total. The van der Waals surface area contributed by atoms with Crippen molar-refractivity contribution in [1.29, 1.82) is 0 Å². The molecule has 3 nitrogen and oxygen atoms in total. The Hall–Kier alpha value is -1.87. The highest BCUT2D eigenvalue weighted by Gasteiger charge is 1.93. The molecule has 0 spiro atoms. The molecule has 0 aromatic heterocycles. The third kappa shape index (κ3) is 20.1. The molecule has 0 aliphatic rings. The summed E-state index contributed by atoms with van der Waals surface area (Å²) in [5.74, 6) is -0.758. The van der Waals surface area contributed by atoms with Gasteiger partial charge in [-0.1, -0.05) is 80.5 Å². The monoisotopic (exact) mass is 346 g/mol. The normalized spacial score (nSPS) is 14.0. The van der Waals surface area contributed by atoms with Crippen LogP contribution in [0.1, 0.15) is 64.7 Å². The first kappa shape index (κ1) is 23.1. The van der Waals surface area contributed by atoms with Crippen molar-refractivity contribution in [1.82, 2.24) is 0 Å². The highest BCUT2D eigenvalue weighted by Crippen LogP contribution is 2.02. The van der Waals surface area contributed by atoms with Crippen LogP contribution in [0.5, 0.6) is 0 Å². The van der Waals surface area contributed by atoms with E-state index in [0.29, 0.717) is 12.8 Å². The number of aliphatic hydroxyl groups excluding tert-OH is 1. The minimum Gasteiger partial charge on any atom is -0.481 e. The first-order valence-corrected chi connectivity index (χ1v) is 9.35. The van der Waals surface area contributed by atoms with Crippen molar-refractivity contribution in [3.8, 4) is 0 Å². The van der Waals surface area contributed by atoms with E-state index in [4.69, 9.17) is 5.11 Å². The largest absolute Gasteiger partial charge is 0.481 e. The summed E-state index contributed by atoms with van der Waals surface area (Å²) in [6, 6.07) is 0. The maximum atomic E-state index is 10.3. The Balaban J connectivity index is 3.66. The van der Waals surface area contributed by atoms with E-state index in [2.05, 4.69) is 31.2 Å². The number of carboxylic acid groups (broad SMARTS) is 1. The number of allylic oxidation sites excluding steroid dienone is 8. The zero-order valence-corrected chi connectivity index (χ0v) is 15.5. The molecule has 3 heteroatoms. The van der Waals surface area contributed by atoms with Crippen molar-refractivity contribution in [3.05, 3.63) is 60.8 Å². The van der Waals surface area contributed by atoms with Crippen molar-refractivity contribution in [2.24, 2.45) is 0 Å². The van der Waals surface area contributed by atoms with Crippen molar-refractivity contribution in [3.63, 3.8) is 0 Å². The number of rotatable bonds is 15. The SMILES string of the molecule is CCCCC/C=C/CC(O)/C=C/C=C/C/C=C/C/C=C/CCC(=O)O. The van der Waals surface area contributed by atoms with E-state index in [0.717, 1.165) is 19.3 Å². The molecule has 0 aromatic carbocycles. The first-order valence-electron chi connectivity index (χ1n) is 9.35. The Labute approximate surface area is 153 Å². The smallest absolute Gasteiger partial charge is 0.303 e. The Morgan fingerprint density at radius 3 is 2.28 bits per heavy atom. The van der Waals surface area contributed by atoms with Gasteiger partial charge in [-0.25, -0.2) is 0 Å². The second-order valence-electron chi connectivity index (χ2n) is 5.93. The Morgan fingerprint density at radius 2 is 1.56 bits per heavy atom. The standard InChI is InChI=1S/C22H34O3/c1-2-3-4-5-12-15-18-21(23)19-16-13-10-8-6-7-9-11-14-17-20-22(24)25/h6-7,10-16,19,21,23H,2-5,8-9,17-18,20H2,1H3,(H,24,25)/b7-6+,13-10+,14-11+,15-12+,19-16+. The molecule has 0 rings (SSSR count). The molecule has 0 heterocycles. The minimum atomic E-state index is -0.758.